The molecular weight excluding hydrogens is 176 g/mol. The van der Waals surface area contributed by atoms with Crippen LogP contribution < -0.4 is 0 Å². The number of carbonyl (C=O) groups excluding carboxylic acids is 1. The van der Waals surface area contributed by atoms with Crippen molar-refractivity contribution in [3.63, 3.8) is 0 Å². The van der Waals surface area contributed by atoms with Crippen LogP contribution in [0.3, 0.4) is 0 Å². The molecule has 0 aromatic carbocycles. The van der Waals surface area contributed by atoms with Gasteiger partial charge in [-0.3, -0.25) is 4.79 Å². The predicted octanol–water partition coefficient (Wildman–Crippen LogP) is 2.47. The molecule has 0 amide bonds. The van der Waals surface area contributed by atoms with E-state index < -0.39 is 0 Å². The average Bonchev–Trinajstić information content (AvgIpc) is 2.26. The molecule has 0 unspecified atom stereocenters. The lowest BCUT2D eigenvalue weighted by Gasteiger charge is -1.95. The Morgan fingerprint density at radius 1 is 1.58 bits per heavy atom. The first-order valence-electron chi connectivity index (χ1n) is 3.51. The number of furan rings is 1. The van der Waals surface area contributed by atoms with Crippen molar-refractivity contribution in [1.82, 2.24) is 0 Å². The fraction of sp³-hybridized carbons (Fsp3) is 0.375. The molecule has 0 saturated carbocycles. The van der Waals surface area contributed by atoms with Gasteiger partial charge in [0, 0.05) is 6.92 Å². The number of rotatable bonds is 2. The van der Waals surface area contributed by atoms with Crippen LogP contribution in [0.1, 0.15) is 18.4 Å². The molecule has 1 heterocycles. The maximum Gasteiger partial charge on any atom is 0.315 e. The van der Waals surface area contributed by atoms with Gasteiger partial charge in [0.1, 0.15) is 11.5 Å². The number of hydrogen-bond donors (Lipinski definition) is 0. The Morgan fingerprint density at radius 2 is 2.25 bits per heavy atom. The van der Waals surface area contributed by atoms with Crippen LogP contribution in [0, 0.1) is 13.8 Å². The summed E-state index contributed by atoms with van der Waals surface area (Å²) in [4.78, 5) is 11.3. The van der Waals surface area contributed by atoms with Crippen LogP contribution in [0.4, 0.5) is 0 Å². The molecule has 0 atom stereocenters. The van der Waals surface area contributed by atoms with Gasteiger partial charge in [-0.25, -0.2) is 0 Å². The summed E-state index contributed by atoms with van der Waals surface area (Å²) in [6.07, 6.45) is 0. The van der Waals surface area contributed by atoms with Crippen molar-refractivity contribution in [3.8, 4) is 0 Å². The van der Waals surface area contributed by atoms with Gasteiger partial charge in [-0.05, 0) is 19.9 Å². The average molecular weight is 186 g/mol. The van der Waals surface area contributed by atoms with Gasteiger partial charge in [0.15, 0.2) is 0 Å². The molecule has 1 rings (SSSR count). The molecule has 1 aromatic heterocycles. The SMILES string of the molecule is CC(=O)OSc1cc(C)oc1C. The molecule has 0 aliphatic carbocycles. The van der Waals surface area contributed by atoms with E-state index in [-0.39, 0.29) is 5.97 Å². The van der Waals surface area contributed by atoms with Gasteiger partial charge in [0.2, 0.25) is 0 Å². The molecule has 0 spiro atoms. The molecule has 0 fully saturated rings. The lowest BCUT2D eigenvalue weighted by molar-refractivity contribution is -0.130. The topological polar surface area (TPSA) is 39.4 Å². The van der Waals surface area contributed by atoms with E-state index in [2.05, 4.69) is 0 Å². The molecule has 12 heavy (non-hydrogen) atoms. The van der Waals surface area contributed by atoms with E-state index in [4.69, 9.17) is 8.60 Å². The minimum absolute atomic E-state index is 0.307. The smallest absolute Gasteiger partial charge is 0.315 e. The third-order valence-corrected chi connectivity index (χ3v) is 2.15. The predicted molar refractivity (Wildman–Crippen MR) is 45.8 cm³/mol. The zero-order chi connectivity index (χ0) is 9.14. The summed E-state index contributed by atoms with van der Waals surface area (Å²) in [6.45, 7) is 5.05. The summed E-state index contributed by atoms with van der Waals surface area (Å²) in [7, 11) is 0. The van der Waals surface area contributed by atoms with E-state index in [0.29, 0.717) is 0 Å². The second kappa shape index (κ2) is 3.67. The Balaban J connectivity index is 2.62. The fourth-order valence-corrected chi connectivity index (χ4v) is 1.37. The molecule has 4 heteroatoms. The lowest BCUT2D eigenvalue weighted by atomic mass is 10.4. The number of hydrogen-bond acceptors (Lipinski definition) is 4. The Labute approximate surface area is 75.3 Å². The van der Waals surface area contributed by atoms with Gasteiger partial charge in [-0.1, -0.05) is 0 Å². The van der Waals surface area contributed by atoms with E-state index in [1.165, 1.54) is 6.92 Å². The second-order valence-electron chi connectivity index (χ2n) is 2.44. The van der Waals surface area contributed by atoms with Gasteiger partial charge in [0.25, 0.3) is 0 Å². The van der Waals surface area contributed by atoms with Crippen LogP contribution >= 0.6 is 12.0 Å². The standard InChI is InChI=1S/C8H10O3S/c1-5-4-8(6(2)10-5)12-11-7(3)9/h4H,1-3H3. The summed E-state index contributed by atoms with van der Waals surface area (Å²) in [5.41, 5.74) is 0. The second-order valence-corrected chi connectivity index (χ2v) is 3.21. The maximum atomic E-state index is 10.5. The summed E-state index contributed by atoms with van der Waals surface area (Å²) in [6, 6.07) is 1.84. The Morgan fingerprint density at radius 3 is 2.67 bits per heavy atom. The van der Waals surface area contributed by atoms with E-state index >= 15 is 0 Å². The highest BCUT2D eigenvalue weighted by Crippen LogP contribution is 2.26. The highest BCUT2D eigenvalue weighted by atomic mass is 32.2. The van der Waals surface area contributed by atoms with Crippen molar-refractivity contribution in [2.45, 2.75) is 25.7 Å². The molecule has 66 valence electrons. The molecule has 1 aromatic rings. The van der Waals surface area contributed by atoms with E-state index in [1.807, 2.05) is 19.9 Å². The van der Waals surface area contributed by atoms with Crippen molar-refractivity contribution in [2.24, 2.45) is 0 Å². The molecule has 0 bridgehead atoms. The highest BCUT2D eigenvalue weighted by Gasteiger charge is 2.07. The molecule has 3 nitrogen and oxygen atoms in total. The minimum atomic E-state index is -0.307. The van der Waals surface area contributed by atoms with Crippen LogP contribution in [0.2, 0.25) is 0 Å². The van der Waals surface area contributed by atoms with Gasteiger partial charge >= 0.3 is 5.97 Å². The Hall–Kier alpha value is -0.900. The summed E-state index contributed by atoms with van der Waals surface area (Å²) in [5.74, 6) is 1.29. The Kier molecular flexibility index (Phi) is 2.81. The monoisotopic (exact) mass is 186 g/mol. The van der Waals surface area contributed by atoms with Crippen molar-refractivity contribution in [1.29, 1.82) is 0 Å². The number of aryl methyl sites for hydroxylation is 2. The van der Waals surface area contributed by atoms with Gasteiger partial charge < -0.3 is 8.60 Å². The molecule has 0 radical (unpaired) electrons. The summed E-state index contributed by atoms with van der Waals surface area (Å²) >= 11 is 1.03. The third-order valence-electron chi connectivity index (χ3n) is 1.24. The van der Waals surface area contributed by atoms with E-state index in [9.17, 15) is 4.79 Å². The van der Waals surface area contributed by atoms with Gasteiger partial charge in [-0.15, -0.1) is 0 Å². The van der Waals surface area contributed by atoms with Crippen LogP contribution in [0.5, 0.6) is 0 Å². The van der Waals surface area contributed by atoms with Crippen LogP contribution in [-0.2, 0) is 8.98 Å². The van der Waals surface area contributed by atoms with Crippen molar-refractivity contribution >= 4 is 18.0 Å². The van der Waals surface area contributed by atoms with Crippen LogP contribution in [0.25, 0.3) is 0 Å². The normalized spacial score (nSPS) is 9.92. The minimum Gasteiger partial charge on any atom is -0.465 e. The number of carbonyl (C=O) groups is 1. The van der Waals surface area contributed by atoms with Crippen molar-refractivity contribution < 1.29 is 13.4 Å². The van der Waals surface area contributed by atoms with Crippen LogP contribution in [-0.4, -0.2) is 5.97 Å². The van der Waals surface area contributed by atoms with Gasteiger partial charge in [0.05, 0.1) is 16.9 Å². The maximum absolute atomic E-state index is 10.5. The summed E-state index contributed by atoms with van der Waals surface area (Å²) in [5, 5.41) is 0. The third kappa shape index (κ3) is 2.30. The zero-order valence-corrected chi connectivity index (χ0v) is 8.03. The molecular formula is C8H10O3S. The zero-order valence-electron chi connectivity index (χ0n) is 7.21. The van der Waals surface area contributed by atoms with Crippen LogP contribution in [0.15, 0.2) is 15.4 Å². The fourth-order valence-electron chi connectivity index (χ4n) is 0.794. The molecule has 0 aliphatic rings. The first-order chi connectivity index (χ1) is 5.59. The largest absolute Gasteiger partial charge is 0.465 e. The van der Waals surface area contributed by atoms with Crippen molar-refractivity contribution in [2.75, 3.05) is 0 Å². The first-order valence-corrected chi connectivity index (χ1v) is 4.26. The lowest BCUT2D eigenvalue weighted by Crippen LogP contribution is -1.88. The quantitative estimate of drug-likeness (QED) is 0.665. The Bertz CT molecular complexity index is 290. The molecule has 0 N–H and O–H groups in total. The van der Waals surface area contributed by atoms with Gasteiger partial charge in [-0.2, -0.15) is 0 Å². The highest BCUT2D eigenvalue weighted by molar-refractivity contribution is 7.95. The van der Waals surface area contributed by atoms with E-state index in [0.717, 1.165) is 28.5 Å². The molecule has 0 aliphatic heterocycles. The molecule has 0 saturated heterocycles. The van der Waals surface area contributed by atoms with E-state index in [1.54, 1.807) is 0 Å². The first kappa shape index (κ1) is 9.19. The van der Waals surface area contributed by atoms with Crippen molar-refractivity contribution in [3.05, 3.63) is 17.6 Å². The summed E-state index contributed by atoms with van der Waals surface area (Å²) < 4.78 is 9.97.